The molecule has 0 aromatic heterocycles. The van der Waals surface area contributed by atoms with Crippen LogP contribution >= 0.6 is 12.4 Å². The van der Waals surface area contributed by atoms with Crippen LogP contribution in [0.25, 0.3) is 0 Å². The summed E-state index contributed by atoms with van der Waals surface area (Å²) in [5.74, 6) is 1.11. The molecule has 132 valence electrons. The van der Waals surface area contributed by atoms with Crippen LogP contribution in [-0.2, 0) is 12.0 Å². The number of nitrogens with zero attached hydrogens (tertiary/aromatic N) is 3. The van der Waals surface area contributed by atoms with E-state index < -0.39 is 0 Å². The smallest absolute Gasteiger partial charge is 0.206 e. The maximum Gasteiger partial charge on any atom is 0.206 e. The summed E-state index contributed by atoms with van der Waals surface area (Å²) in [6, 6.07) is 17.7. The van der Waals surface area contributed by atoms with Crippen molar-refractivity contribution in [3.8, 4) is 0 Å². The first-order valence-corrected chi connectivity index (χ1v) is 8.82. The Bertz CT molecular complexity index is 774. The van der Waals surface area contributed by atoms with Crippen molar-refractivity contribution in [3.05, 3.63) is 59.7 Å². The van der Waals surface area contributed by atoms with Crippen LogP contribution in [0.1, 0.15) is 38.3 Å². The summed E-state index contributed by atoms with van der Waals surface area (Å²) in [6.07, 6.45) is 1.13. The number of hydrogen-bond donors (Lipinski definition) is 0. The average molecular weight is 356 g/mol. The fraction of sp³-hybridized carbons (Fsp3) is 0.381. The Hall–Kier alpha value is -2.00. The lowest BCUT2D eigenvalue weighted by Crippen LogP contribution is -2.41. The van der Waals surface area contributed by atoms with Crippen molar-refractivity contribution in [2.24, 2.45) is 4.99 Å². The van der Waals surface area contributed by atoms with Crippen LogP contribution in [0.15, 0.2) is 53.5 Å². The van der Waals surface area contributed by atoms with Gasteiger partial charge in [0.25, 0.3) is 0 Å². The van der Waals surface area contributed by atoms with Crippen molar-refractivity contribution < 1.29 is 0 Å². The van der Waals surface area contributed by atoms with E-state index in [9.17, 15) is 0 Å². The van der Waals surface area contributed by atoms with Crippen molar-refractivity contribution in [2.45, 2.75) is 39.2 Å². The quantitative estimate of drug-likeness (QED) is 0.755. The lowest BCUT2D eigenvalue weighted by Gasteiger charge is -2.27. The van der Waals surface area contributed by atoms with Crippen LogP contribution in [0.2, 0.25) is 0 Å². The second kappa shape index (κ2) is 6.72. The SMILES string of the molecule is CC(C)(C)c1ccc(CN2C3=NCCCN3c3ccccc32)cc1.Cl. The van der Waals surface area contributed by atoms with Crippen molar-refractivity contribution in [3.63, 3.8) is 0 Å². The Morgan fingerprint density at radius 1 is 0.960 bits per heavy atom. The lowest BCUT2D eigenvalue weighted by molar-refractivity contribution is 0.590. The van der Waals surface area contributed by atoms with Crippen molar-refractivity contribution in [1.82, 2.24) is 0 Å². The molecule has 2 aromatic carbocycles. The molecule has 4 rings (SSSR count). The molecule has 0 saturated heterocycles. The van der Waals surface area contributed by atoms with Crippen molar-refractivity contribution in [1.29, 1.82) is 0 Å². The Kier molecular flexibility index (Phi) is 4.79. The normalized spacial score (nSPS) is 16.0. The highest BCUT2D eigenvalue weighted by Gasteiger charge is 2.33. The van der Waals surface area contributed by atoms with Gasteiger partial charge in [0.1, 0.15) is 0 Å². The maximum atomic E-state index is 4.81. The van der Waals surface area contributed by atoms with Gasteiger partial charge >= 0.3 is 0 Å². The molecular weight excluding hydrogens is 330 g/mol. The molecule has 0 spiro atoms. The van der Waals surface area contributed by atoms with E-state index in [1.807, 2.05) is 0 Å². The monoisotopic (exact) mass is 355 g/mol. The molecule has 0 saturated carbocycles. The van der Waals surface area contributed by atoms with Crippen LogP contribution < -0.4 is 9.80 Å². The summed E-state index contributed by atoms with van der Waals surface area (Å²) in [6.45, 7) is 9.64. The largest absolute Gasteiger partial charge is 0.310 e. The standard InChI is InChI=1S/C21H25N3.ClH/c1-21(2,3)17-11-9-16(10-12-17)15-24-19-8-5-4-7-18(19)23-14-6-13-22-20(23)24;/h4-5,7-12H,6,13-15H2,1-3H3;1H. The number of halogens is 1. The van der Waals surface area contributed by atoms with Gasteiger partial charge in [-0.15, -0.1) is 12.4 Å². The van der Waals surface area contributed by atoms with E-state index in [0.717, 1.165) is 32.0 Å². The lowest BCUT2D eigenvalue weighted by atomic mass is 9.87. The molecule has 0 fully saturated rings. The molecule has 0 amide bonds. The summed E-state index contributed by atoms with van der Waals surface area (Å²) in [5, 5.41) is 0. The number of fused-ring (bicyclic) bond motifs is 3. The van der Waals surface area contributed by atoms with Crippen LogP contribution in [-0.4, -0.2) is 19.0 Å². The van der Waals surface area contributed by atoms with Gasteiger partial charge in [0, 0.05) is 13.1 Å². The van der Waals surface area contributed by atoms with Gasteiger partial charge < -0.3 is 9.80 Å². The molecule has 0 radical (unpaired) electrons. The number of para-hydroxylation sites is 2. The first-order valence-electron chi connectivity index (χ1n) is 8.82. The highest BCUT2D eigenvalue weighted by atomic mass is 35.5. The fourth-order valence-electron chi connectivity index (χ4n) is 3.53. The second-order valence-corrected chi connectivity index (χ2v) is 7.71. The Labute approximate surface area is 156 Å². The van der Waals surface area contributed by atoms with Gasteiger partial charge in [0.15, 0.2) is 0 Å². The first kappa shape index (κ1) is 17.8. The third-order valence-electron chi connectivity index (χ3n) is 4.90. The van der Waals surface area contributed by atoms with Gasteiger partial charge in [0.2, 0.25) is 5.96 Å². The van der Waals surface area contributed by atoms with Gasteiger partial charge in [-0.05, 0) is 35.1 Å². The molecule has 0 bridgehead atoms. The van der Waals surface area contributed by atoms with E-state index in [1.54, 1.807) is 0 Å². The second-order valence-electron chi connectivity index (χ2n) is 7.71. The molecule has 0 N–H and O–H groups in total. The zero-order valence-electron chi connectivity index (χ0n) is 15.2. The van der Waals surface area contributed by atoms with E-state index >= 15 is 0 Å². The topological polar surface area (TPSA) is 18.8 Å². The number of hydrogen-bond acceptors (Lipinski definition) is 3. The molecule has 25 heavy (non-hydrogen) atoms. The summed E-state index contributed by atoms with van der Waals surface area (Å²) in [4.78, 5) is 9.53. The maximum absolute atomic E-state index is 4.81. The molecule has 0 unspecified atom stereocenters. The predicted octanol–water partition coefficient (Wildman–Crippen LogP) is 4.99. The zero-order valence-corrected chi connectivity index (χ0v) is 16.0. The highest BCUT2D eigenvalue weighted by Crippen LogP contribution is 2.39. The van der Waals surface area contributed by atoms with Crippen molar-refractivity contribution >= 4 is 29.7 Å². The Balaban J connectivity index is 0.00000182. The zero-order chi connectivity index (χ0) is 16.7. The minimum absolute atomic E-state index is 0. The molecule has 0 atom stereocenters. The fourth-order valence-corrected chi connectivity index (χ4v) is 3.53. The molecule has 2 aliphatic heterocycles. The molecule has 2 heterocycles. The average Bonchev–Trinajstić information content (AvgIpc) is 2.89. The predicted molar refractivity (Wildman–Crippen MR) is 109 cm³/mol. The molecule has 3 nitrogen and oxygen atoms in total. The van der Waals surface area contributed by atoms with Gasteiger partial charge in [-0.3, -0.25) is 4.99 Å². The molecule has 4 heteroatoms. The van der Waals surface area contributed by atoms with E-state index in [2.05, 4.69) is 79.1 Å². The number of anilines is 2. The molecule has 2 aromatic rings. The van der Waals surface area contributed by atoms with E-state index in [-0.39, 0.29) is 17.8 Å². The first-order chi connectivity index (χ1) is 11.5. The number of rotatable bonds is 2. The highest BCUT2D eigenvalue weighted by molar-refractivity contribution is 6.16. The van der Waals surface area contributed by atoms with Gasteiger partial charge in [-0.25, -0.2) is 0 Å². The molecule has 2 aliphatic rings. The van der Waals surface area contributed by atoms with Crippen molar-refractivity contribution in [2.75, 3.05) is 22.9 Å². The van der Waals surface area contributed by atoms with Crippen LogP contribution in [0.5, 0.6) is 0 Å². The van der Waals surface area contributed by atoms with Crippen LogP contribution in [0.3, 0.4) is 0 Å². The van der Waals surface area contributed by atoms with Gasteiger partial charge in [0.05, 0.1) is 17.9 Å². The van der Waals surface area contributed by atoms with E-state index in [0.29, 0.717) is 0 Å². The summed E-state index contributed by atoms with van der Waals surface area (Å²) >= 11 is 0. The minimum atomic E-state index is 0. The Morgan fingerprint density at radius 3 is 2.32 bits per heavy atom. The minimum Gasteiger partial charge on any atom is -0.310 e. The van der Waals surface area contributed by atoms with Crippen LogP contribution in [0, 0.1) is 0 Å². The third-order valence-corrected chi connectivity index (χ3v) is 4.90. The molecule has 0 aliphatic carbocycles. The van der Waals surface area contributed by atoms with Gasteiger partial charge in [-0.1, -0.05) is 57.2 Å². The third kappa shape index (κ3) is 3.25. The summed E-state index contributed by atoms with van der Waals surface area (Å²) in [5.41, 5.74) is 5.47. The Morgan fingerprint density at radius 2 is 1.64 bits per heavy atom. The van der Waals surface area contributed by atoms with Crippen LogP contribution in [0.4, 0.5) is 11.4 Å². The molecular formula is C21H26ClN3. The summed E-state index contributed by atoms with van der Waals surface area (Å²) in [7, 11) is 0. The van der Waals surface area contributed by atoms with E-state index in [1.165, 1.54) is 22.5 Å². The van der Waals surface area contributed by atoms with E-state index in [4.69, 9.17) is 4.99 Å². The summed E-state index contributed by atoms with van der Waals surface area (Å²) < 4.78 is 0. The number of guanidine groups is 1. The number of aliphatic imine (C=N–C) groups is 1. The number of benzene rings is 2. The van der Waals surface area contributed by atoms with Gasteiger partial charge in [-0.2, -0.15) is 0 Å².